The Morgan fingerprint density at radius 3 is 1.81 bits per heavy atom. The SMILES string of the molecule is CCCCCC1CCC(C(F)(F)Oc2ccc(OC)c(C(F)(F)F)c2C(F)(F)F)CC1. The number of ether oxygens (including phenoxy) is 2. The van der Waals surface area contributed by atoms with E-state index in [1.807, 2.05) is 6.92 Å². The Bertz CT molecular complexity index is 719. The van der Waals surface area contributed by atoms with Gasteiger partial charge in [0.1, 0.15) is 22.6 Å². The molecule has 0 unspecified atom stereocenters. The van der Waals surface area contributed by atoms with Crippen molar-refractivity contribution in [3.05, 3.63) is 23.3 Å². The summed E-state index contributed by atoms with van der Waals surface area (Å²) in [6.45, 7) is 2.05. The molecule has 178 valence electrons. The highest BCUT2D eigenvalue weighted by molar-refractivity contribution is 5.52. The lowest BCUT2D eigenvalue weighted by atomic mass is 9.79. The van der Waals surface area contributed by atoms with Crippen LogP contribution in [-0.4, -0.2) is 13.2 Å². The van der Waals surface area contributed by atoms with Gasteiger partial charge in [0.15, 0.2) is 0 Å². The second-order valence-corrected chi connectivity index (χ2v) is 7.89. The molecule has 0 heterocycles. The van der Waals surface area contributed by atoms with Gasteiger partial charge in [-0.05, 0) is 43.7 Å². The van der Waals surface area contributed by atoms with Crippen LogP contribution in [0.1, 0.15) is 69.4 Å². The molecule has 0 N–H and O–H groups in total. The highest BCUT2D eigenvalue weighted by atomic mass is 19.4. The zero-order chi connectivity index (χ0) is 23.4. The average Bonchev–Trinajstić information content (AvgIpc) is 2.66. The number of alkyl halides is 8. The lowest BCUT2D eigenvalue weighted by Crippen LogP contribution is -2.38. The number of benzene rings is 1. The minimum absolute atomic E-state index is 0.0351. The van der Waals surface area contributed by atoms with Crippen molar-refractivity contribution in [3.63, 3.8) is 0 Å². The summed E-state index contributed by atoms with van der Waals surface area (Å²) in [6.07, 6.45) is -10.1. The molecule has 1 aliphatic carbocycles. The highest BCUT2D eigenvalue weighted by Gasteiger charge is 2.51. The fraction of sp³-hybridized carbons (Fsp3) is 0.714. The predicted octanol–water partition coefficient (Wildman–Crippen LogP) is 8.09. The zero-order valence-corrected chi connectivity index (χ0v) is 17.3. The smallest absolute Gasteiger partial charge is 0.420 e. The molecule has 0 atom stereocenters. The van der Waals surface area contributed by atoms with Gasteiger partial charge in [-0.1, -0.05) is 32.6 Å². The van der Waals surface area contributed by atoms with E-state index in [-0.39, 0.29) is 18.8 Å². The normalized spacial score (nSPS) is 20.6. The molecule has 10 heteroatoms. The van der Waals surface area contributed by atoms with Crippen LogP contribution in [0.5, 0.6) is 11.5 Å². The lowest BCUT2D eigenvalue weighted by Gasteiger charge is -2.34. The summed E-state index contributed by atoms with van der Waals surface area (Å²) in [6, 6.07) is 0.995. The van der Waals surface area contributed by atoms with Crippen LogP contribution in [0.15, 0.2) is 12.1 Å². The number of rotatable bonds is 8. The predicted molar refractivity (Wildman–Crippen MR) is 98.2 cm³/mol. The molecule has 1 aliphatic rings. The molecular weight excluding hydrogens is 436 g/mol. The Labute approximate surface area is 175 Å². The van der Waals surface area contributed by atoms with Gasteiger partial charge in [-0.3, -0.25) is 0 Å². The number of unbranched alkanes of at least 4 members (excludes halogenated alkanes) is 2. The van der Waals surface area contributed by atoms with Gasteiger partial charge in [-0.2, -0.15) is 35.1 Å². The Morgan fingerprint density at radius 2 is 1.32 bits per heavy atom. The summed E-state index contributed by atoms with van der Waals surface area (Å²) in [5, 5.41) is 0. The third-order valence-corrected chi connectivity index (χ3v) is 5.70. The maximum absolute atomic E-state index is 14.7. The summed E-state index contributed by atoms with van der Waals surface area (Å²) in [4.78, 5) is 0. The molecule has 0 radical (unpaired) electrons. The number of hydrogen-bond donors (Lipinski definition) is 0. The number of methoxy groups -OCH3 is 1. The fourth-order valence-corrected chi connectivity index (χ4v) is 4.08. The molecule has 1 fully saturated rings. The van der Waals surface area contributed by atoms with E-state index < -0.39 is 47.0 Å². The maximum atomic E-state index is 14.7. The summed E-state index contributed by atoms with van der Waals surface area (Å²) in [7, 11) is 0.763. The van der Waals surface area contributed by atoms with Gasteiger partial charge >= 0.3 is 18.5 Å². The largest absolute Gasteiger partial charge is 0.496 e. The van der Waals surface area contributed by atoms with E-state index in [1.54, 1.807) is 0 Å². The van der Waals surface area contributed by atoms with Crippen LogP contribution >= 0.6 is 0 Å². The van der Waals surface area contributed by atoms with Crippen molar-refractivity contribution in [2.24, 2.45) is 11.8 Å². The van der Waals surface area contributed by atoms with Crippen molar-refractivity contribution in [3.8, 4) is 11.5 Å². The second kappa shape index (κ2) is 9.81. The molecule has 0 amide bonds. The summed E-state index contributed by atoms with van der Waals surface area (Å²) < 4.78 is 119. The van der Waals surface area contributed by atoms with Crippen LogP contribution in [0.4, 0.5) is 35.1 Å². The summed E-state index contributed by atoms with van der Waals surface area (Å²) >= 11 is 0. The standard InChI is InChI=1S/C21H26F8O2/c1-3-4-5-6-13-7-9-14(10-8-13)21(28,29)31-16-12-11-15(30-2)17(19(22,23)24)18(16)20(25,26)27/h11-14H,3-10H2,1-2H3. The molecule has 0 spiro atoms. The van der Waals surface area contributed by atoms with Gasteiger partial charge in [0.25, 0.3) is 0 Å². The first kappa shape index (κ1) is 25.5. The van der Waals surface area contributed by atoms with Crippen LogP contribution in [0.3, 0.4) is 0 Å². The fourth-order valence-electron chi connectivity index (χ4n) is 4.08. The van der Waals surface area contributed by atoms with Gasteiger partial charge < -0.3 is 9.47 Å². The molecule has 1 aromatic rings. The van der Waals surface area contributed by atoms with Crippen LogP contribution in [0.2, 0.25) is 0 Å². The minimum Gasteiger partial charge on any atom is -0.496 e. The van der Waals surface area contributed by atoms with Crippen molar-refractivity contribution in [2.45, 2.75) is 76.8 Å². The van der Waals surface area contributed by atoms with Gasteiger partial charge in [0, 0.05) is 0 Å². The molecular formula is C21H26F8O2. The van der Waals surface area contributed by atoms with Gasteiger partial charge in [-0.25, -0.2) is 0 Å². The average molecular weight is 462 g/mol. The van der Waals surface area contributed by atoms with E-state index in [2.05, 4.69) is 9.47 Å². The topological polar surface area (TPSA) is 18.5 Å². The van der Waals surface area contributed by atoms with E-state index in [1.165, 1.54) is 0 Å². The van der Waals surface area contributed by atoms with Crippen molar-refractivity contribution >= 4 is 0 Å². The van der Waals surface area contributed by atoms with Gasteiger partial charge in [0.05, 0.1) is 13.0 Å². The number of halogens is 8. The first-order valence-electron chi connectivity index (χ1n) is 10.2. The highest BCUT2D eigenvalue weighted by Crippen LogP contribution is 2.51. The van der Waals surface area contributed by atoms with Crippen LogP contribution in [0, 0.1) is 11.8 Å². The van der Waals surface area contributed by atoms with Crippen molar-refractivity contribution in [1.82, 2.24) is 0 Å². The monoisotopic (exact) mass is 462 g/mol. The first-order chi connectivity index (χ1) is 14.3. The molecule has 1 saturated carbocycles. The molecule has 0 aromatic heterocycles. The van der Waals surface area contributed by atoms with E-state index >= 15 is 0 Å². The first-order valence-corrected chi connectivity index (χ1v) is 10.2. The zero-order valence-electron chi connectivity index (χ0n) is 17.3. The minimum atomic E-state index is -5.58. The van der Waals surface area contributed by atoms with E-state index in [4.69, 9.17) is 0 Å². The number of hydrogen-bond acceptors (Lipinski definition) is 2. The third-order valence-electron chi connectivity index (χ3n) is 5.70. The van der Waals surface area contributed by atoms with E-state index in [0.29, 0.717) is 25.0 Å². The lowest BCUT2D eigenvalue weighted by molar-refractivity contribution is -0.227. The van der Waals surface area contributed by atoms with Crippen LogP contribution in [0.25, 0.3) is 0 Å². The Morgan fingerprint density at radius 1 is 0.806 bits per heavy atom. The van der Waals surface area contributed by atoms with Crippen LogP contribution in [-0.2, 0) is 12.4 Å². The van der Waals surface area contributed by atoms with Crippen molar-refractivity contribution in [2.75, 3.05) is 7.11 Å². The maximum Gasteiger partial charge on any atom is 0.420 e. The Balaban J connectivity index is 2.27. The molecule has 0 aliphatic heterocycles. The van der Waals surface area contributed by atoms with Crippen molar-refractivity contribution < 1.29 is 44.6 Å². The molecule has 2 nitrogen and oxygen atoms in total. The second-order valence-electron chi connectivity index (χ2n) is 7.89. The summed E-state index contributed by atoms with van der Waals surface area (Å²) in [5.41, 5.74) is -4.50. The van der Waals surface area contributed by atoms with Crippen LogP contribution < -0.4 is 9.47 Å². The molecule has 0 bridgehead atoms. The molecule has 0 saturated heterocycles. The Hall–Kier alpha value is -1.74. The van der Waals surface area contributed by atoms with Crippen molar-refractivity contribution in [1.29, 1.82) is 0 Å². The third kappa shape index (κ3) is 6.38. The van der Waals surface area contributed by atoms with E-state index in [9.17, 15) is 35.1 Å². The summed E-state index contributed by atoms with van der Waals surface area (Å²) in [5.74, 6) is -3.78. The molecule has 1 aromatic carbocycles. The quantitative estimate of drug-likeness (QED) is 0.287. The van der Waals surface area contributed by atoms with Gasteiger partial charge in [0.2, 0.25) is 0 Å². The molecule has 2 rings (SSSR count). The van der Waals surface area contributed by atoms with E-state index in [0.717, 1.165) is 32.8 Å². The Kier molecular flexibility index (Phi) is 8.08. The molecule has 31 heavy (non-hydrogen) atoms. The van der Waals surface area contributed by atoms with Gasteiger partial charge in [-0.15, -0.1) is 0 Å².